The minimum atomic E-state index is 0.757. The Morgan fingerprint density at radius 2 is 2.21 bits per heavy atom. The van der Waals surface area contributed by atoms with E-state index in [-0.39, 0.29) is 0 Å². The molecule has 0 bridgehead atoms. The van der Waals surface area contributed by atoms with Crippen LogP contribution in [-0.2, 0) is 18.2 Å². The lowest BCUT2D eigenvalue weighted by Gasteiger charge is -2.05. The molecule has 19 heavy (non-hydrogen) atoms. The summed E-state index contributed by atoms with van der Waals surface area (Å²) in [6.07, 6.45) is 4.12. The van der Waals surface area contributed by atoms with E-state index in [4.69, 9.17) is 16.3 Å². The highest BCUT2D eigenvalue weighted by Crippen LogP contribution is 2.21. The molecule has 1 N–H and O–H groups in total. The van der Waals surface area contributed by atoms with E-state index in [1.165, 1.54) is 5.57 Å². The van der Waals surface area contributed by atoms with Crippen LogP contribution in [-0.4, -0.2) is 36.6 Å². The van der Waals surface area contributed by atoms with Crippen molar-refractivity contribution in [2.24, 2.45) is 7.05 Å². The summed E-state index contributed by atoms with van der Waals surface area (Å²) in [7, 11) is 3.65. The third-order valence-electron chi connectivity index (χ3n) is 3.00. The molecule has 5 heteroatoms. The molecule has 1 heterocycles. The van der Waals surface area contributed by atoms with Crippen LogP contribution in [0, 0.1) is 6.92 Å². The molecule has 0 saturated carbocycles. The van der Waals surface area contributed by atoms with E-state index in [0.29, 0.717) is 0 Å². The largest absolute Gasteiger partial charge is 0.383 e. The molecular weight excluding hydrogens is 262 g/mol. The maximum Gasteiger partial charge on any atom is 0.0850 e. The number of ether oxygens (including phenoxy) is 1. The van der Waals surface area contributed by atoms with E-state index in [9.17, 15) is 0 Å². The fourth-order valence-corrected chi connectivity index (χ4v) is 2.16. The van der Waals surface area contributed by atoms with Crippen LogP contribution in [0.15, 0.2) is 11.6 Å². The molecule has 0 fully saturated rings. The van der Waals surface area contributed by atoms with E-state index >= 15 is 0 Å². The first kappa shape index (κ1) is 16.2. The molecule has 0 aliphatic carbocycles. The highest BCUT2D eigenvalue weighted by atomic mass is 35.5. The first-order chi connectivity index (χ1) is 9.06. The van der Waals surface area contributed by atoms with Gasteiger partial charge in [0.05, 0.1) is 23.0 Å². The molecule has 1 rings (SSSR count). The normalized spacial score (nSPS) is 12.2. The molecule has 0 amide bonds. The topological polar surface area (TPSA) is 39.1 Å². The van der Waals surface area contributed by atoms with Gasteiger partial charge >= 0.3 is 0 Å². The Morgan fingerprint density at radius 1 is 1.47 bits per heavy atom. The summed E-state index contributed by atoms with van der Waals surface area (Å²) in [4.78, 5) is 0. The van der Waals surface area contributed by atoms with Crippen molar-refractivity contribution in [3.05, 3.63) is 28.1 Å². The third kappa shape index (κ3) is 5.35. The summed E-state index contributed by atoms with van der Waals surface area (Å²) in [5.41, 5.74) is 3.30. The predicted octanol–water partition coefficient (Wildman–Crippen LogP) is 2.50. The van der Waals surface area contributed by atoms with Crippen LogP contribution in [0.2, 0.25) is 5.02 Å². The van der Waals surface area contributed by atoms with Gasteiger partial charge in [-0.3, -0.25) is 4.68 Å². The smallest absolute Gasteiger partial charge is 0.0850 e. The van der Waals surface area contributed by atoms with Crippen molar-refractivity contribution in [1.82, 2.24) is 15.1 Å². The van der Waals surface area contributed by atoms with E-state index in [0.717, 1.165) is 48.9 Å². The number of nitrogens with one attached hydrogen (secondary N) is 1. The van der Waals surface area contributed by atoms with Crippen LogP contribution in [0.1, 0.15) is 24.7 Å². The zero-order chi connectivity index (χ0) is 14.3. The SMILES string of the molecule is COCCNCCC=C(C)Cc1c(Cl)c(C)nn1C. The summed E-state index contributed by atoms with van der Waals surface area (Å²) in [6, 6.07) is 0. The van der Waals surface area contributed by atoms with E-state index < -0.39 is 0 Å². The minimum Gasteiger partial charge on any atom is -0.383 e. The molecular formula is C14H24ClN3O. The fourth-order valence-electron chi connectivity index (χ4n) is 1.93. The summed E-state index contributed by atoms with van der Waals surface area (Å²) in [5, 5.41) is 8.43. The average Bonchev–Trinajstić information content (AvgIpc) is 2.60. The van der Waals surface area contributed by atoms with Gasteiger partial charge in [-0.25, -0.2) is 0 Å². The fraction of sp³-hybridized carbons (Fsp3) is 0.643. The lowest BCUT2D eigenvalue weighted by molar-refractivity contribution is 0.199. The molecule has 0 aromatic carbocycles. The van der Waals surface area contributed by atoms with Crippen molar-refractivity contribution in [2.45, 2.75) is 26.7 Å². The highest BCUT2D eigenvalue weighted by Gasteiger charge is 2.10. The van der Waals surface area contributed by atoms with Gasteiger partial charge in [0.1, 0.15) is 0 Å². The van der Waals surface area contributed by atoms with Gasteiger partial charge in [-0.15, -0.1) is 0 Å². The molecule has 108 valence electrons. The highest BCUT2D eigenvalue weighted by molar-refractivity contribution is 6.31. The number of aromatic nitrogens is 2. The van der Waals surface area contributed by atoms with Crippen molar-refractivity contribution in [1.29, 1.82) is 0 Å². The Kier molecular flexibility index (Phi) is 7.13. The van der Waals surface area contributed by atoms with Crippen molar-refractivity contribution >= 4 is 11.6 Å². The molecule has 0 spiro atoms. The van der Waals surface area contributed by atoms with E-state index in [2.05, 4.69) is 23.4 Å². The molecule has 0 aliphatic heterocycles. The van der Waals surface area contributed by atoms with Crippen LogP contribution in [0.5, 0.6) is 0 Å². The molecule has 0 unspecified atom stereocenters. The lowest BCUT2D eigenvalue weighted by atomic mass is 10.1. The lowest BCUT2D eigenvalue weighted by Crippen LogP contribution is -2.19. The standard InChI is InChI=1S/C14H24ClN3O/c1-11(6-5-7-16-8-9-19-4)10-13-14(15)12(2)17-18(13)3/h6,16H,5,7-10H2,1-4H3. The third-order valence-corrected chi connectivity index (χ3v) is 3.50. The zero-order valence-electron chi connectivity index (χ0n) is 12.3. The van der Waals surface area contributed by atoms with E-state index in [1.807, 2.05) is 18.7 Å². The minimum absolute atomic E-state index is 0.757. The Labute approximate surface area is 120 Å². The van der Waals surface area contributed by atoms with Gasteiger partial charge in [0.25, 0.3) is 0 Å². The molecule has 1 aromatic rings. The number of hydrogen-bond acceptors (Lipinski definition) is 3. The maximum atomic E-state index is 6.24. The van der Waals surface area contributed by atoms with Gasteiger partial charge in [-0.1, -0.05) is 23.3 Å². The van der Waals surface area contributed by atoms with Crippen LogP contribution in [0.3, 0.4) is 0 Å². The van der Waals surface area contributed by atoms with Gasteiger partial charge in [-0.2, -0.15) is 5.10 Å². The molecule has 0 atom stereocenters. The van der Waals surface area contributed by atoms with Gasteiger partial charge in [0, 0.05) is 27.1 Å². The molecule has 1 aromatic heterocycles. The number of allylic oxidation sites excluding steroid dienone is 1. The maximum absolute atomic E-state index is 6.24. The first-order valence-electron chi connectivity index (χ1n) is 6.59. The van der Waals surface area contributed by atoms with Crippen LogP contribution < -0.4 is 5.32 Å². The summed E-state index contributed by atoms with van der Waals surface area (Å²) >= 11 is 6.24. The second kappa shape index (κ2) is 8.35. The summed E-state index contributed by atoms with van der Waals surface area (Å²) in [5.74, 6) is 0. The number of hydrogen-bond donors (Lipinski definition) is 1. The first-order valence-corrected chi connectivity index (χ1v) is 6.97. The second-order valence-corrected chi connectivity index (χ2v) is 5.11. The Morgan fingerprint density at radius 3 is 2.79 bits per heavy atom. The van der Waals surface area contributed by atoms with Gasteiger partial charge in [-0.05, 0) is 26.8 Å². The van der Waals surface area contributed by atoms with Crippen LogP contribution in [0.4, 0.5) is 0 Å². The summed E-state index contributed by atoms with van der Waals surface area (Å²) < 4.78 is 6.84. The molecule has 0 saturated heterocycles. The van der Waals surface area contributed by atoms with Gasteiger partial charge in [0.15, 0.2) is 0 Å². The van der Waals surface area contributed by atoms with Crippen molar-refractivity contribution < 1.29 is 4.74 Å². The van der Waals surface area contributed by atoms with Crippen molar-refractivity contribution in [3.8, 4) is 0 Å². The second-order valence-electron chi connectivity index (χ2n) is 4.73. The number of halogens is 1. The monoisotopic (exact) mass is 285 g/mol. The Hall–Kier alpha value is -0.840. The Balaban J connectivity index is 2.39. The van der Waals surface area contributed by atoms with Gasteiger partial charge < -0.3 is 10.1 Å². The number of nitrogens with zero attached hydrogens (tertiary/aromatic N) is 2. The van der Waals surface area contributed by atoms with Crippen LogP contribution >= 0.6 is 11.6 Å². The number of rotatable bonds is 8. The molecule has 0 radical (unpaired) electrons. The number of aryl methyl sites for hydroxylation is 2. The number of methoxy groups -OCH3 is 1. The van der Waals surface area contributed by atoms with E-state index in [1.54, 1.807) is 7.11 Å². The quantitative estimate of drug-likeness (QED) is 0.589. The Bertz CT molecular complexity index is 427. The predicted molar refractivity (Wildman–Crippen MR) is 79.8 cm³/mol. The zero-order valence-corrected chi connectivity index (χ0v) is 13.0. The van der Waals surface area contributed by atoms with Crippen molar-refractivity contribution in [3.63, 3.8) is 0 Å². The molecule has 4 nitrogen and oxygen atoms in total. The van der Waals surface area contributed by atoms with Crippen molar-refractivity contribution in [2.75, 3.05) is 26.8 Å². The summed E-state index contributed by atoms with van der Waals surface area (Å²) in [6.45, 7) is 6.69. The average molecular weight is 286 g/mol. The molecule has 0 aliphatic rings. The van der Waals surface area contributed by atoms with Gasteiger partial charge in [0.2, 0.25) is 0 Å². The van der Waals surface area contributed by atoms with Crippen LogP contribution in [0.25, 0.3) is 0 Å².